The van der Waals surface area contributed by atoms with Gasteiger partial charge in [-0.15, -0.1) is 10.00 Å². The van der Waals surface area contributed by atoms with E-state index >= 15 is 13.2 Å². The molecule has 280 valence electrons. The van der Waals surface area contributed by atoms with E-state index in [2.05, 4.69) is 10.1 Å². The van der Waals surface area contributed by atoms with Crippen LogP contribution in [0.5, 0.6) is 5.75 Å². The maximum Gasteiger partial charge on any atom is 0.427 e. The fraction of sp³-hybridized carbons (Fsp3) is 0.333. The second-order valence-electron chi connectivity index (χ2n) is 14.1. The fourth-order valence-electron chi connectivity index (χ4n) is 5.11. The summed E-state index contributed by atoms with van der Waals surface area (Å²) in [6.45, 7) is 9.10. The zero-order valence-electron chi connectivity index (χ0n) is 30.1. The molecule has 0 N–H and O–H groups in total. The largest absolute Gasteiger partial charge is 0.490 e. The Morgan fingerprint density at radius 3 is 2.09 bits per heavy atom. The summed E-state index contributed by atoms with van der Waals surface area (Å²) in [6.07, 6.45) is -3.24. The van der Waals surface area contributed by atoms with Gasteiger partial charge < -0.3 is 18.9 Å². The third-order valence-electron chi connectivity index (χ3n) is 7.46. The minimum Gasteiger partial charge on any atom is -0.490 e. The lowest BCUT2D eigenvalue weighted by atomic mass is 10.0. The standard InChI is InChI=1S/C39H40F4N4O6/c1-37(2,3)52-35(48)47(36(49)53-38(4,5)6)34-44-31-23-27(19-21-46(31)45-34)29-13-10-14-30(32(29)41)50-22-20-39(42,43)33(26-15-17-28(40)18-16-26)51-24-25-11-8-7-9-12-25/h7-19,21,23,33H,20,22,24H2,1-6H3. The van der Waals surface area contributed by atoms with Gasteiger partial charge in [-0.05, 0) is 88.6 Å². The van der Waals surface area contributed by atoms with E-state index in [0.29, 0.717) is 16.0 Å². The predicted molar refractivity (Wildman–Crippen MR) is 189 cm³/mol. The molecule has 0 aliphatic carbocycles. The monoisotopic (exact) mass is 736 g/mol. The summed E-state index contributed by atoms with van der Waals surface area (Å²) in [5.41, 5.74) is -0.635. The zero-order chi connectivity index (χ0) is 38.6. The maximum atomic E-state index is 15.9. The Morgan fingerprint density at radius 1 is 0.830 bits per heavy atom. The Hall–Kier alpha value is -5.50. The number of anilines is 1. The second-order valence-corrected chi connectivity index (χ2v) is 14.1. The van der Waals surface area contributed by atoms with Gasteiger partial charge in [-0.3, -0.25) is 0 Å². The molecule has 10 nitrogen and oxygen atoms in total. The number of rotatable bonds is 11. The lowest BCUT2D eigenvalue weighted by Crippen LogP contribution is -2.44. The van der Waals surface area contributed by atoms with E-state index in [4.69, 9.17) is 18.9 Å². The average molecular weight is 737 g/mol. The van der Waals surface area contributed by atoms with Gasteiger partial charge in [0.1, 0.15) is 23.1 Å². The number of alkyl halides is 2. The van der Waals surface area contributed by atoms with Gasteiger partial charge in [-0.1, -0.05) is 54.6 Å². The van der Waals surface area contributed by atoms with Crippen LogP contribution in [-0.2, 0) is 20.8 Å². The van der Waals surface area contributed by atoms with Crippen molar-refractivity contribution in [1.29, 1.82) is 0 Å². The smallest absolute Gasteiger partial charge is 0.427 e. The van der Waals surface area contributed by atoms with Gasteiger partial charge in [-0.25, -0.2) is 31.7 Å². The van der Waals surface area contributed by atoms with Crippen molar-refractivity contribution in [3.05, 3.63) is 114 Å². The van der Waals surface area contributed by atoms with Crippen molar-refractivity contribution in [2.75, 3.05) is 11.5 Å². The molecule has 0 aliphatic rings. The number of pyridine rings is 1. The quantitative estimate of drug-likeness (QED) is 0.124. The van der Waals surface area contributed by atoms with Crippen LogP contribution < -0.4 is 9.64 Å². The number of nitrogens with zero attached hydrogens (tertiary/aromatic N) is 4. The van der Waals surface area contributed by atoms with E-state index in [-0.39, 0.29) is 35.1 Å². The molecule has 2 aromatic heterocycles. The minimum absolute atomic E-state index is 0.0628. The van der Waals surface area contributed by atoms with E-state index in [1.165, 1.54) is 53.2 Å². The normalized spacial score (nSPS) is 12.7. The minimum atomic E-state index is -3.48. The van der Waals surface area contributed by atoms with Crippen LogP contribution in [0.25, 0.3) is 16.8 Å². The van der Waals surface area contributed by atoms with E-state index in [1.54, 1.807) is 71.9 Å². The van der Waals surface area contributed by atoms with Crippen molar-refractivity contribution < 1.29 is 46.1 Å². The molecule has 2 amide bonds. The SMILES string of the molecule is CC(C)(C)OC(=O)N(C(=O)OC(C)(C)C)c1nc2cc(-c3cccc(OCCC(F)(F)C(OCc4ccccc4)c4ccc(F)cc4)c3F)ccn2n1. The van der Waals surface area contributed by atoms with Crippen molar-refractivity contribution in [2.45, 2.75) is 77.8 Å². The van der Waals surface area contributed by atoms with Crippen LogP contribution >= 0.6 is 0 Å². The number of benzene rings is 3. The number of carbonyl (C=O) groups is 2. The van der Waals surface area contributed by atoms with Crippen LogP contribution in [0.1, 0.15) is 65.2 Å². The third kappa shape index (κ3) is 10.1. The molecule has 1 unspecified atom stereocenters. The molecule has 0 saturated heterocycles. The lowest BCUT2D eigenvalue weighted by molar-refractivity contribution is -0.153. The maximum absolute atomic E-state index is 15.9. The van der Waals surface area contributed by atoms with Crippen LogP contribution in [0.2, 0.25) is 0 Å². The highest BCUT2D eigenvalue weighted by molar-refractivity contribution is 6.08. The molecule has 0 aliphatic heterocycles. The molecule has 2 heterocycles. The number of imide groups is 1. The van der Waals surface area contributed by atoms with Crippen molar-refractivity contribution in [2.24, 2.45) is 0 Å². The third-order valence-corrected chi connectivity index (χ3v) is 7.46. The van der Waals surface area contributed by atoms with E-state index in [9.17, 15) is 14.0 Å². The number of fused-ring (bicyclic) bond motifs is 1. The molecule has 0 fully saturated rings. The number of carbonyl (C=O) groups excluding carboxylic acids is 2. The molecule has 14 heteroatoms. The summed E-state index contributed by atoms with van der Waals surface area (Å²) in [6, 6.07) is 20.7. The van der Waals surface area contributed by atoms with Crippen molar-refractivity contribution in [3.8, 4) is 16.9 Å². The van der Waals surface area contributed by atoms with Gasteiger partial charge in [0.05, 0.1) is 13.2 Å². The number of ether oxygens (including phenoxy) is 4. The molecule has 0 saturated carbocycles. The molecule has 0 radical (unpaired) electrons. The van der Waals surface area contributed by atoms with E-state index in [0.717, 1.165) is 12.1 Å². The Morgan fingerprint density at radius 2 is 1.47 bits per heavy atom. The van der Waals surface area contributed by atoms with Crippen LogP contribution in [0.4, 0.5) is 33.1 Å². The Balaban J connectivity index is 1.34. The van der Waals surface area contributed by atoms with Gasteiger partial charge >= 0.3 is 12.2 Å². The molecule has 53 heavy (non-hydrogen) atoms. The summed E-state index contributed by atoms with van der Waals surface area (Å²) in [7, 11) is 0. The predicted octanol–water partition coefficient (Wildman–Crippen LogP) is 9.71. The van der Waals surface area contributed by atoms with E-state index < -0.39 is 60.1 Å². The Bertz CT molecular complexity index is 2020. The summed E-state index contributed by atoms with van der Waals surface area (Å²) in [5.74, 6) is -5.49. The highest BCUT2D eigenvalue weighted by Crippen LogP contribution is 2.39. The first kappa shape index (κ1) is 38.7. The van der Waals surface area contributed by atoms with E-state index in [1.807, 2.05) is 0 Å². The summed E-state index contributed by atoms with van der Waals surface area (Å²) < 4.78 is 84.2. The van der Waals surface area contributed by atoms with Gasteiger partial charge in [0.2, 0.25) is 0 Å². The Labute approximate surface area is 304 Å². The number of halogens is 4. The van der Waals surface area contributed by atoms with Crippen molar-refractivity contribution >= 4 is 23.8 Å². The molecule has 3 aromatic carbocycles. The molecule has 0 bridgehead atoms. The zero-order valence-corrected chi connectivity index (χ0v) is 30.1. The van der Waals surface area contributed by atoms with Gasteiger partial charge in [-0.2, -0.15) is 4.98 Å². The van der Waals surface area contributed by atoms with Crippen LogP contribution in [0.3, 0.4) is 0 Å². The summed E-state index contributed by atoms with van der Waals surface area (Å²) >= 11 is 0. The lowest BCUT2D eigenvalue weighted by Gasteiger charge is -2.28. The highest BCUT2D eigenvalue weighted by Gasteiger charge is 2.42. The molecular weight excluding hydrogens is 696 g/mol. The number of amides is 2. The molecule has 0 spiro atoms. The van der Waals surface area contributed by atoms with Gasteiger partial charge in [0.15, 0.2) is 17.2 Å². The van der Waals surface area contributed by atoms with Crippen LogP contribution in [-0.4, -0.2) is 50.5 Å². The number of hydrogen-bond acceptors (Lipinski definition) is 8. The Kier molecular flexibility index (Phi) is 11.4. The van der Waals surface area contributed by atoms with Crippen LogP contribution in [0.15, 0.2) is 91.1 Å². The summed E-state index contributed by atoms with van der Waals surface area (Å²) in [5, 5.41) is 4.24. The number of hydrogen-bond donors (Lipinski definition) is 0. The first-order chi connectivity index (χ1) is 24.9. The molecular formula is C39H40F4N4O6. The van der Waals surface area contributed by atoms with Crippen molar-refractivity contribution in [3.63, 3.8) is 0 Å². The summed E-state index contributed by atoms with van der Waals surface area (Å²) in [4.78, 5) is 31.0. The highest BCUT2D eigenvalue weighted by atomic mass is 19.3. The topological polar surface area (TPSA) is 104 Å². The molecule has 5 aromatic rings. The van der Waals surface area contributed by atoms with Crippen LogP contribution in [0, 0.1) is 11.6 Å². The first-order valence-electron chi connectivity index (χ1n) is 16.7. The fourth-order valence-corrected chi connectivity index (χ4v) is 5.11. The molecule has 1 atom stereocenters. The van der Waals surface area contributed by atoms with Gasteiger partial charge in [0.25, 0.3) is 11.9 Å². The number of aromatic nitrogens is 3. The average Bonchev–Trinajstić information content (AvgIpc) is 3.48. The molecule has 5 rings (SSSR count). The second kappa shape index (κ2) is 15.6. The van der Waals surface area contributed by atoms with Crippen molar-refractivity contribution in [1.82, 2.24) is 14.6 Å². The first-order valence-corrected chi connectivity index (χ1v) is 16.7. The van der Waals surface area contributed by atoms with Gasteiger partial charge in [0, 0.05) is 18.2 Å².